The van der Waals surface area contributed by atoms with Gasteiger partial charge in [0.15, 0.2) is 0 Å². The molecule has 0 radical (unpaired) electrons. The van der Waals surface area contributed by atoms with E-state index in [1.165, 1.54) is 12.3 Å². The van der Waals surface area contributed by atoms with Crippen molar-refractivity contribution in [3.8, 4) is 0 Å². The third kappa shape index (κ3) is 3.65. The standard InChI is InChI=1S/C13H20N4O2/c14-3-1-5-16-6-8-17(9-7-16)13(19)11-2-4-15-12(18)10-11/h2,4,10H,1,3,5-9,14H2,(H,15,18). The van der Waals surface area contributed by atoms with Gasteiger partial charge in [-0.1, -0.05) is 0 Å². The van der Waals surface area contributed by atoms with E-state index in [2.05, 4.69) is 9.88 Å². The van der Waals surface area contributed by atoms with Crippen molar-refractivity contribution >= 4 is 5.91 Å². The summed E-state index contributed by atoms with van der Waals surface area (Å²) in [5, 5.41) is 0. The summed E-state index contributed by atoms with van der Waals surface area (Å²) in [5.74, 6) is -0.0652. The van der Waals surface area contributed by atoms with Crippen LogP contribution in [0.15, 0.2) is 23.1 Å². The molecule has 1 aliphatic rings. The summed E-state index contributed by atoms with van der Waals surface area (Å²) in [7, 11) is 0. The number of carbonyl (C=O) groups is 1. The largest absolute Gasteiger partial charge is 0.336 e. The highest BCUT2D eigenvalue weighted by molar-refractivity contribution is 5.94. The lowest BCUT2D eigenvalue weighted by Gasteiger charge is -2.34. The molecule has 0 spiro atoms. The van der Waals surface area contributed by atoms with Crippen molar-refractivity contribution in [2.24, 2.45) is 5.73 Å². The Labute approximate surface area is 112 Å². The van der Waals surface area contributed by atoms with Crippen LogP contribution in [0, 0.1) is 0 Å². The number of nitrogens with zero attached hydrogens (tertiary/aromatic N) is 2. The third-order valence-electron chi connectivity index (χ3n) is 3.36. The van der Waals surface area contributed by atoms with Crippen molar-refractivity contribution in [2.75, 3.05) is 39.3 Å². The first kappa shape index (κ1) is 13.8. The number of carbonyl (C=O) groups excluding carboxylic acids is 1. The number of pyridine rings is 1. The third-order valence-corrected chi connectivity index (χ3v) is 3.36. The van der Waals surface area contributed by atoms with Crippen LogP contribution in [0.25, 0.3) is 0 Å². The second kappa shape index (κ2) is 6.49. The van der Waals surface area contributed by atoms with Crippen LogP contribution < -0.4 is 11.3 Å². The van der Waals surface area contributed by atoms with Crippen molar-refractivity contribution in [3.63, 3.8) is 0 Å². The van der Waals surface area contributed by atoms with Crippen molar-refractivity contribution < 1.29 is 4.79 Å². The molecule has 0 bridgehead atoms. The molecule has 1 saturated heterocycles. The van der Waals surface area contributed by atoms with Crippen LogP contribution in [-0.4, -0.2) is 60.0 Å². The van der Waals surface area contributed by atoms with Gasteiger partial charge < -0.3 is 15.6 Å². The van der Waals surface area contributed by atoms with Gasteiger partial charge in [-0.05, 0) is 25.6 Å². The van der Waals surface area contributed by atoms with E-state index in [1.54, 1.807) is 11.0 Å². The van der Waals surface area contributed by atoms with Gasteiger partial charge in [-0.3, -0.25) is 14.5 Å². The number of aromatic amines is 1. The molecule has 1 aliphatic heterocycles. The van der Waals surface area contributed by atoms with E-state index < -0.39 is 0 Å². The molecule has 2 heterocycles. The first-order valence-electron chi connectivity index (χ1n) is 6.61. The van der Waals surface area contributed by atoms with Crippen LogP contribution in [0.1, 0.15) is 16.8 Å². The minimum absolute atomic E-state index is 0.0652. The number of rotatable bonds is 4. The topological polar surface area (TPSA) is 82.4 Å². The molecule has 1 fully saturated rings. The van der Waals surface area contributed by atoms with E-state index >= 15 is 0 Å². The fourth-order valence-electron chi connectivity index (χ4n) is 2.25. The van der Waals surface area contributed by atoms with E-state index in [-0.39, 0.29) is 11.5 Å². The van der Waals surface area contributed by atoms with Gasteiger partial charge in [0.1, 0.15) is 0 Å². The van der Waals surface area contributed by atoms with E-state index in [1.807, 2.05) is 0 Å². The lowest BCUT2D eigenvalue weighted by Crippen LogP contribution is -2.49. The minimum Gasteiger partial charge on any atom is -0.336 e. The Kier molecular flexibility index (Phi) is 4.70. The highest BCUT2D eigenvalue weighted by atomic mass is 16.2. The zero-order valence-electron chi connectivity index (χ0n) is 11.0. The van der Waals surface area contributed by atoms with Gasteiger partial charge >= 0.3 is 0 Å². The van der Waals surface area contributed by atoms with Crippen molar-refractivity contribution in [1.29, 1.82) is 0 Å². The molecule has 0 aliphatic carbocycles. The second-order valence-corrected chi connectivity index (χ2v) is 4.72. The first-order chi connectivity index (χ1) is 9.20. The van der Waals surface area contributed by atoms with Crippen LogP contribution in [-0.2, 0) is 0 Å². The second-order valence-electron chi connectivity index (χ2n) is 4.72. The highest BCUT2D eigenvalue weighted by Crippen LogP contribution is 2.07. The van der Waals surface area contributed by atoms with Gasteiger partial charge in [-0.2, -0.15) is 0 Å². The Balaban J connectivity index is 1.91. The molecular formula is C13H20N4O2. The lowest BCUT2D eigenvalue weighted by molar-refractivity contribution is 0.0636. The maximum absolute atomic E-state index is 12.2. The van der Waals surface area contributed by atoms with E-state index in [0.29, 0.717) is 25.2 Å². The molecule has 0 unspecified atom stereocenters. The molecule has 0 saturated carbocycles. The van der Waals surface area contributed by atoms with Crippen LogP contribution >= 0.6 is 0 Å². The molecule has 6 heteroatoms. The Morgan fingerprint density at radius 3 is 2.68 bits per heavy atom. The Hall–Kier alpha value is -1.66. The van der Waals surface area contributed by atoms with Gasteiger partial charge in [0.2, 0.25) is 5.56 Å². The number of piperazine rings is 1. The fraction of sp³-hybridized carbons (Fsp3) is 0.538. The number of nitrogens with one attached hydrogen (secondary N) is 1. The van der Waals surface area contributed by atoms with E-state index in [9.17, 15) is 9.59 Å². The molecule has 0 aromatic carbocycles. The van der Waals surface area contributed by atoms with Gasteiger partial charge in [0.05, 0.1) is 0 Å². The molecule has 0 atom stereocenters. The molecule has 104 valence electrons. The molecule has 19 heavy (non-hydrogen) atoms. The number of amides is 1. The SMILES string of the molecule is NCCCN1CCN(C(=O)c2cc[nH]c(=O)c2)CC1. The molecule has 1 aromatic heterocycles. The highest BCUT2D eigenvalue weighted by Gasteiger charge is 2.21. The van der Waals surface area contributed by atoms with Crippen LogP contribution in [0.5, 0.6) is 0 Å². The Bertz CT molecular complexity index is 478. The minimum atomic E-state index is -0.243. The average Bonchev–Trinajstić information content (AvgIpc) is 2.45. The zero-order valence-corrected chi connectivity index (χ0v) is 11.0. The van der Waals surface area contributed by atoms with E-state index in [0.717, 1.165) is 26.1 Å². The number of aromatic nitrogens is 1. The number of nitrogens with two attached hydrogens (primary N) is 1. The summed E-state index contributed by atoms with van der Waals surface area (Å²) in [6, 6.07) is 2.99. The maximum Gasteiger partial charge on any atom is 0.254 e. The van der Waals surface area contributed by atoms with Crippen LogP contribution in [0.2, 0.25) is 0 Å². The summed E-state index contributed by atoms with van der Waals surface area (Å²) in [5.41, 5.74) is 5.70. The van der Waals surface area contributed by atoms with Crippen molar-refractivity contribution in [2.45, 2.75) is 6.42 Å². The molecule has 1 amide bonds. The van der Waals surface area contributed by atoms with Gasteiger partial charge in [0.25, 0.3) is 5.91 Å². The molecule has 1 aromatic rings. The summed E-state index contributed by atoms with van der Waals surface area (Å²) >= 11 is 0. The smallest absolute Gasteiger partial charge is 0.254 e. The maximum atomic E-state index is 12.2. The summed E-state index contributed by atoms with van der Waals surface area (Å²) < 4.78 is 0. The zero-order chi connectivity index (χ0) is 13.7. The van der Waals surface area contributed by atoms with Crippen molar-refractivity contribution in [3.05, 3.63) is 34.2 Å². The average molecular weight is 264 g/mol. The van der Waals surface area contributed by atoms with Gasteiger partial charge in [0, 0.05) is 44.0 Å². The quantitative estimate of drug-likeness (QED) is 0.767. The van der Waals surface area contributed by atoms with E-state index in [4.69, 9.17) is 5.73 Å². The Morgan fingerprint density at radius 2 is 2.05 bits per heavy atom. The molecule has 3 N–H and O–H groups in total. The summed E-state index contributed by atoms with van der Waals surface area (Å²) in [6.07, 6.45) is 2.50. The molecule has 2 rings (SSSR count). The Morgan fingerprint density at radius 1 is 1.32 bits per heavy atom. The fourth-order valence-corrected chi connectivity index (χ4v) is 2.25. The number of hydrogen-bond donors (Lipinski definition) is 2. The molecule has 6 nitrogen and oxygen atoms in total. The lowest BCUT2D eigenvalue weighted by atomic mass is 10.2. The van der Waals surface area contributed by atoms with Crippen LogP contribution in [0.3, 0.4) is 0 Å². The van der Waals surface area contributed by atoms with Gasteiger partial charge in [-0.15, -0.1) is 0 Å². The number of H-pyrrole nitrogens is 1. The predicted molar refractivity (Wildman–Crippen MR) is 73.1 cm³/mol. The first-order valence-corrected chi connectivity index (χ1v) is 6.61. The number of hydrogen-bond acceptors (Lipinski definition) is 4. The summed E-state index contributed by atoms with van der Waals surface area (Å²) in [6.45, 7) is 4.84. The summed E-state index contributed by atoms with van der Waals surface area (Å²) in [4.78, 5) is 30.0. The van der Waals surface area contributed by atoms with Crippen LogP contribution in [0.4, 0.5) is 0 Å². The predicted octanol–water partition coefficient (Wildman–Crippen LogP) is -0.518. The molecular weight excluding hydrogens is 244 g/mol. The van der Waals surface area contributed by atoms with Crippen molar-refractivity contribution in [1.82, 2.24) is 14.8 Å². The monoisotopic (exact) mass is 264 g/mol. The normalized spacial score (nSPS) is 16.6. The van der Waals surface area contributed by atoms with Gasteiger partial charge in [-0.25, -0.2) is 0 Å².